The minimum Gasteiger partial charge on any atom is -0.550 e. The second-order valence-corrected chi connectivity index (χ2v) is 11.5. The minimum atomic E-state index is -1.09. The average Bonchev–Trinajstić information content (AvgIpc) is 2.97. The molecule has 282 valence electrons. The van der Waals surface area contributed by atoms with Gasteiger partial charge in [0, 0.05) is 37.2 Å². The van der Waals surface area contributed by atoms with Crippen LogP contribution in [0, 0.1) is 23.7 Å². The first-order valence-corrected chi connectivity index (χ1v) is 15.9. The molecule has 2 radical (unpaired) electrons. The van der Waals surface area contributed by atoms with E-state index in [1.807, 2.05) is 0 Å². The first-order chi connectivity index (χ1) is 22.1. The summed E-state index contributed by atoms with van der Waals surface area (Å²) in [5, 5.41) is 72.1. The molecule has 0 saturated carbocycles. The summed E-state index contributed by atoms with van der Waals surface area (Å²) >= 11 is 0. The minimum absolute atomic E-state index is 0. The summed E-state index contributed by atoms with van der Waals surface area (Å²) in [5.41, 5.74) is 0. The fraction of sp³-hybridized carbons (Fsp3) is 0.750. The first-order valence-electron chi connectivity index (χ1n) is 15.9. The molecule has 0 aromatic carbocycles. The van der Waals surface area contributed by atoms with Gasteiger partial charge in [0.05, 0.1) is 11.8 Å². The van der Waals surface area contributed by atoms with Crippen molar-refractivity contribution in [2.75, 3.05) is 0 Å². The smallest absolute Gasteiger partial charge is 0.550 e. The van der Waals surface area contributed by atoms with Crippen LogP contribution in [0.25, 0.3) is 0 Å². The maximum atomic E-state index is 10.3. The SMILES string of the molecule is CC(CCCCC(=O)O)C(=O)O.CC(CCCCC(=O)O)C(=O)O.CC(CCCCC(=O)O)C(=O)[O-].CC(CCCCC(=O)[O-])C(=O)[O-].[Bi+3]. The predicted molar refractivity (Wildman–Crippen MR) is 169 cm³/mol. The zero-order valence-corrected chi connectivity index (χ0v) is 32.3. The maximum Gasteiger partial charge on any atom is 3.00 e. The molecule has 17 heteroatoms. The van der Waals surface area contributed by atoms with Crippen molar-refractivity contribution >= 4 is 74.0 Å². The van der Waals surface area contributed by atoms with E-state index in [0.717, 1.165) is 0 Å². The van der Waals surface area contributed by atoms with Crippen LogP contribution in [0.15, 0.2) is 0 Å². The van der Waals surface area contributed by atoms with Gasteiger partial charge in [-0.15, -0.1) is 0 Å². The van der Waals surface area contributed by atoms with E-state index < -0.39 is 59.6 Å². The number of hydrogen-bond donors (Lipinski definition) is 5. The molecule has 0 spiro atoms. The molecule has 0 fully saturated rings. The summed E-state index contributed by atoms with van der Waals surface area (Å²) in [4.78, 5) is 81.1. The monoisotopic (exact) mass is 902 g/mol. The molecule has 16 nitrogen and oxygen atoms in total. The molecule has 0 aromatic heterocycles. The second-order valence-electron chi connectivity index (χ2n) is 11.5. The summed E-state index contributed by atoms with van der Waals surface area (Å²) in [6, 6.07) is 0. The standard InChI is InChI=1S/4C8H14O4.Bi/c4*1-6(8(11)12)4-2-3-5-7(9)10;/h4*6H,2-5H2,1H3,(H,9,10)(H,11,12);/q;;;;+3/p-3. The molecule has 0 heterocycles. The molecule has 49 heavy (non-hydrogen) atoms. The number of rotatable bonds is 24. The molecule has 0 aliphatic rings. The van der Waals surface area contributed by atoms with E-state index in [4.69, 9.17) is 25.5 Å². The Morgan fingerprint density at radius 1 is 0.408 bits per heavy atom. The quantitative estimate of drug-likeness (QED) is 0.0667. The Kier molecular flexibility index (Phi) is 40.4. The van der Waals surface area contributed by atoms with Crippen LogP contribution in [-0.2, 0) is 38.4 Å². The second kappa shape index (κ2) is 35.9. The van der Waals surface area contributed by atoms with Crippen LogP contribution in [0.4, 0.5) is 0 Å². The van der Waals surface area contributed by atoms with Gasteiger partial charge in [-0.05, 0) is 69.6 Å². The third-order valence-electron chi connectivity index (χ3n) is 6.75. The van der Waals surface area contributed by atoms with Gasteiger partial charge in [0.1, 0.15) is 0 Å². The van der Waals surface area contributed by atoms with Gasteiger partial charge in [0.25, 0.3) is 0 Å². The summed E-state index contributed by atoms with van der Waals surface area (Å²) < 4.78 is 0. The van der Waals surface area contributed by atoms with E-state index in [0.29, 0.717) is 77.0 Å². The molecule has 0 aromatic rings. The number of hydrogen-bond acceptors (Lipinski definition) is 11. The molecular weight excluding hydrogens is 849 g/mol. The van der Waals surface area contributed by atoms with Crippen LogP contribution in [-0.4, -0.2) is 99.5 Å². The Balaban J connectivity index is -0.000000174. The molecule has 0 amide bonds. The third kappa shape index (κ3) is 49.1. The Morgan fingerprint density at radius 3 is 0.816 bits per heavy atom. The van der Waals surface area contributed by atoms with Gasteiger partial charge < -0.3 is 55.2 Å². The summed E-state index contributed by atoms with van der Waals surface area (Å²) in [5.74, 6) is -9.03. The fourth-order valence-electron chi connectivity index (χ4n) is 3.38. The number of carboxylic acids is 8. The number of aliphatic carboxylic acids is 8. The Morgan fingerprint density at radius 2 is 0.633 bits per heavy atom. The molecule has 0 rings (SSSR count). The van der Waals surface area contributed by atoms with Crippen LogP contribution in [0.3, 0.4) is 0 Å². The molecule has 0 aliphatic carbocycles. The number of unbranched alkanes of at least 4 members (excludes halogenated alkanes) is 4. The van der Waals surface area contributed by atoms with E-state index in [1.165, 1.54) is 0 Å². The normalized spacial score (nSPS) is 12.2. The summed E-state index contributed by atoms with van der Waals surface area (Å²) in [7, 11) is 0. The van der Waals surface area contributed by atoms with Gasteiger partial charge >= 0.3 is 56.0 Å². The van der Waals surface area contributed by atoms with Gasteiger partial charge in [-0.2, -0.15) is 0 Å². The Hall–Kier alpha value is -3.36. The van der Waals surface area contributed by atoms with Crippen molar-refractivity contribution in [2.45, 2.75) is 130 Å². The fourth-order valence-corrected chi connectivity index (χ4v) is 3.38. The van der Waals surface area contributed by atoms with E-state index in [1.54, 1.807) is 27.7 Å². The van der Waals surface area contributed by atoms with E-state index in [2.05, 4.69) is 0 Å². The molecule has 0 saturated heterocycles. The number of carbonyl (C=O) groups excluding carboxylic acids is 3. The Bertz CT molecular complexity index is 817. The zero-order chi connectivity index (χ0) is 38.2. The largest absolute Gasteiger partial charge is 3.00 e. The van der Waals surface area contributed by atoms with Crippen molar-refractivity contribution in [1.29, 1.82) is 0 Å². The van der Waals surface area contributed by atoms with Crippen LogP contribution in [0.2, 0.25) is 0 Å². The van der Waals surface area contributed by atoms with Gasteiger partial charge in [-0.3, -0.25) is 24.0 Å². The molecule has 0 bridgehead atoms. The van der Waals surface area contributed by atoms with Crippen molar-refractivity contribution in [3.63, 3.8) is 0 Å². The van der Waals surface area contributed by atoms with E-state index in [-0.39, 0.29) is 63.7 Å². The van der Waals surface area contributed by atoms with Gasteiger partial charge in [0.15, 0.2) is 0 Å². The van der Waals surface area contributed by atoms with Crippen LogP contribution in [0.5, 0.6) is 0 Å². The molecule has 5 N–H and O–H groups in total. The van der Waals surface area contributed by atoms with Crippen LogP contribution in [0.1, 0.15) is 130 Å². The van der Waals surface area contributed by atoms with Crippen LogP contribution >= 0.6 is 0 Å². The first kappa shape index (κ1) is 55.1. The van der Waals surface area contributed by atoms with Crippen molar-refractivity contribution in [3.05, 3.63) is 0 Å². The van der Waals surface area contributed by atoms with Crippen molar-refractivity contribution in [3.8, 4) is 0 Å². The van der Waals surface area contributed by atoms with Gasteiger partial charge in [-0.1, -0.05) is 53.4 Å². The predicted octanol–water partition coefficient (Wildman–Crippen LogP) is 1.02. The van der Waals surface area contributed by atoms with Crippen molar-refractivity contribution in [1.82, 2.24) is 0 Å². The summed E-state index contributed by atoms with van der Waals surface area (Å²) in [6.07, 6.45) is 7.13. The van der Waals surface area contributed by atoms with E-state index in [9.17, 15) is 53.7 Å². The maximum absolute atomic E-state index is 10.3. The van der Waals surface area contributed by atoms with Gasteiger partial charge in [0.2, 0.25) is 0 Å². The van der Waals surface area contributed by atoms with E-state index >= 15 is 0 Å². The molecule has 4 atom stereocenters. The summed E-state index contributed by atoms with van der Waals surface area (Å²) in [6.45, 7) is 6.37. The average molecular weight is 903 g/mol. The molecular formula is C32H53BiO16. The molecule has 4 unspecified atom stereocenters. The van der Waals surface area contributed by atoms with Gasteiger partial charge in [-0.25, -0.2) is 0 Å². The van der Waals surface area contributed by atoms with Crippen molar-refractivity contribution < 1.29 is 79.2 Å². The van der Waals surface area contributed by atoms with Crippen LogP contribution < -0.4 is 15.3 Å². The van der Waals surface area contributed by atoms with Crippen molar-refractivity contribution in [2.24, 2.45) is 23.7 Å². The number of carboxylic acid groups (broad SMARTS) is 8. The topological polar surface area (TPSA) is 307 Å². The number of carbonyl (C=O) groups is 8. The third-order valence-corrected chi connectivity index (χ3v) is 6.75. The molecule has 0 aliphatic heterocycles. The zero-order valence-electron chi connectivity index (χ0n) is 28.8. The Labute approximate surface area is 306 Å².